The van der Waals surface area contributed by atoms with Crippen LogP contribution in [0.1, 0.15) is 58.3 Å². The summed E-state index contributed by atoms with van der Waals surface area (Å²) in [5.41, 5.74) is 5.56. The number of anilines is 1. The molecule has 5 rings (SSSR count). The Morgan fingerprint density at radius 1 is 1.19 bits per heavy atom. The van der Waals surface area contributed by atoms with E-state index in [1.807, 2.05) is 11.0 Å². The summed E-state index contributed by atoms with van der Waals surface area (Å²) in [7, 11) is 0. The van der Waals surface area contributed by atoms with Crippen molar-refractivity contribution in [1.82, 2.24) is 15.1 Å². The van der Waals surface area contributed by atoms with Gasteiger partial charge < -0.3 is 21.1 Å². The van der Waals surface area contributed by atoms with Crippen LogP contribution < -0.4 is 11.1 Å². The number of nitrogen functional groups attached to an aromatic ring is 1. The molecule has 3 aliphatic heterocycles. The van der Waals surface area contributed by atoms with Gasteiger partial charge >= 0.3 is 0 Å². The third-order valence-electron chi connectivity index (χ3n) is 7.59. The Hall–Kier alpha value is -3.70. The monoisotopic (exact) mass is 511 g/mol. The molecule has 0 saturated carbocycles. The van der Waals surface area contributed by atoms with Crippen LogP contribution >= 0.6 is 0 Å². The number of nitrogens with two attached hydrogens (primary N) is 1. The van der Waals surface area contributed by atoms with E-state index in [2.05, 4.69) is 5.32 Å². The molecule has 0 aliphatic carbocycles. The number of fused-ring (bicyclic) bond motifs is 1. The molecule has 2 fully saturated rings. The molecule has 1 unspecified atom stereocenters. The largest absolute Gasteiger partial charge is 0.398 e. The minimum Gasteiger partial charge on any atom is -0.398 e. The van der Waals surface area contributed by atoms with Crippen molar-refractivity contribution in [3.63, 3.8) is 0 Å². The van der Waals surface area contributed by atoms with Gasteiger partial charge in [-0.3, -0.25) is 24.6 Å². The fourth-order valence-electron chi connectivity index (χ4n) is 5.50. The molecule has 0 aromatic heterocycles. The number of hydrogen-bond donors (Lipinski definition) is 4. The molecular weight excluding hydrogens is 484 g/mol. The van der Waals surface area contributed by atoms with E-state index in [4.69, 9.17) is 11.1 Å². The molecule has 5 N–H and O–H groups in total. The predicted octanol–water partition coefficient (Wildman–Crippen LogP) is 1.79. The van der Waals surface area contributed by atoms with Crippen LogP contribution in [0, 0.1) is 17.0 Å². The van der Waals surface area contributed by atoms with Gasteiger partial charge in [-0.2, -0.15) is 0 Å². The zero-order valence-corrected chi connectivity index (χ0v) is 20.0. The average molecular weight is 512 g/mol. The molecule has 2 aromatic carbocycles. The van der Waals surface area contributed by atoms with Gasteiger partial charge in [0, 0.05) is 49.1 Å². The van der Waals surface area contributed by atoms with Gasteiger partial charge in [-0.05, 0) is 37.0 Å². The van der Waals surface area contributed by atoms with Crippen molar-refractivity contribution in [2.24, 2.45) is 0 Å². The van der Waals surface area contributed by atoms with E-state index in [9.17, 15) is 19.5 Å². The summed E-state index contributed by atoms with van der Waals surface area (Å²) in [5.74, 6) is -3.72. The third kappa shape index (κ3) is 4.38. The van der Waals surface area contributed by atoms with Crippen LogP contribution in [0.5, 0.6) is 0 Å². The quantitative estimate of drug-likeness (QED) is 0.274. The van der Waals surface area contributed by atoms with Crippen LogP contribution in [0.15, 0.2) is 24.3 Å². The van der Waals surface area contributed by atoms with Crippen molar-refractivity contribution in [1.29, 1.82) is 5.41 Å². The first-order chi connectivity index (χ1) is 17.6. The Morgan fingerprint density at radius 2 is 1.92 bits per heavy atom. The molecule has 0 bridgehead atoms. The lowest BCUT2D eigenvalue weighted by molar-refractivity contribution is -0.136. The first-order valence-electron chi connectivity index (χ1n) is 12.1. The van der Waals surface area contributed by atoms with Crippen LogP contribution in [-0.2, 0) is 28.3 Å². The van der Waals surface area contributed by atoms with Crippen LogP contribution in [0.3, 0.4) is 0 Å². The normalized spacial score (nSPS) is 21.6. The summed E-state index contributed by atoms with van der Waals surface area (Å²) in [4.78, 5) is 39.8. The number of carbonyl (C=O) groups is 3. The van der Waals surface area contributed by atoms with Gasteiger partial charge in [0.2, 0.25) is 11.8 Å². The second-order valence-corrected chi connectivity index (χ2v) is 9.89. The maximum absolute atomic E-state index is 15.7. The second-order valence-electron chi connectivity index (χ2n) is 9.89. The fourth-order valence-corrected chi connectivity index (χ4v) is 5.50. The summed E-state index contributed by atoms with van der Waals surface area (Å²) in [6.07, 6.45) is 1.50. The molecule has 37 heavy (non-hydrogen) atoms. The molecule has 3 heterocycles. The second kappa shape index (κ2) is 9.31. The van der Waals surface area contributed by atoms with Gasteiger partial charge in [0.1, 0.15) is 17.7 Å². The lowest BCUT2D eigenvalue weighted by Gasteiger charge is -2.39. The maximum Gasteiger partial charge on any atom is 0.255 e. The number of amides is 3. The number of halogens is 2. The molecule has 0 spiro atoms. The van der Waals surface area contributed by atoms with Crippen molar-refractivity contribution >= 4 is 29.6 Å². The molecule has 9 nitrogen and oxygen atoms in total. The minimum absolute atomic E-state index is 0.0499. The van der Waals surface area contributed by atoms with Gasteiger partial charge in [-0.25, -0.2) is 8.78 Å². The Labute approximate surface area is 211 Å². The number of aliphatic hydroxyl groups is 1. The number of rotatable bonds is 5. The molecule has 2 aromatic rings. The molecule has 0 radical (unpaired) electrons. The third-order valence-corrected chi connectivity index (χ3v) is 7.59. The number of nitrogens with zero attached hydrogens (tertiary/aromatic N) is 2. The van der Waals surface area contributed by atoms with E-state index in [1.54, 1.807) is 12.1 Å². The summed E-state index contributed by atoms with van der Waals surface area (Å²) in [6.45, 7) is 1.04. The number of carbonyl (C=O) groups excluding carboxylic acids is 3. The molecule has 11 heteroatoms. The number of hydrogen-bond acceptors (Lipinski definition) is 7. The smallest absolute Gasteiger partial charge is 0.255 e. The van der Waals surface area contributed by atoms with Crippen LogP contribution in [0.2, 0.25) is 0 Å². The van der Waals surface area contributed by atoms with Crippen molar-refractivity contribution in [2.75, 3.05) is 18.8 Å². The Kier molecular flexibility index (Phi) is 6.28. The highest BCUT2D eigenvalue weighted by atomic mass is 19.1. The number of imide groups is 1. The Morgan fingerprint density at radius 3 is 2.57 bits per heavy atom. The fraction of sp³-hybridized carbons (Fsp3) is 0.385. The molecule has 3 aliphatic rings. The van der Waals surface area contributed by atoms with Gasteiger partial charge in [0.25, 0.3) is 5.91 Å². The first-order valence-corrected chi connectivity index (χ1v) is 12.1. The Bertz CT molecular complexity index is 1320. The van der Waals surface area contributed by atoms with E-state index in [0.29, 0.717) is 30.9 Å². The highest BCUT2D eigenvalue weighted by Crippen LogP contribution is 2.40. The zero-order valence-electron chi connectivity index (χ0n) is 20.0. The van der Waals surface area contributed by atoms with Crippen LogP contribution in [0.4, 0.5) is 14.5 Å². The van der Waals surface area contributed by atoms with Gasteiger partial charge in [-0.15, -0.1) is 0 Å². The molecule has 3 amide bonds. The number of piperidine rings is 2. The van der Waals surface area contributed by atoms with E-state index >= 15 is 8.78 Å². The van der Waals surface area contributed by atoms with E-state index in [1.165, 1.54) is 6.21 Å². The highest BCUT2D eigenvalue weighted by molar-refractivity contribution is 6.05. The van der Waals surface area contributed by atoms with Gasteiger partial charge in [-0.1, -0.05) is 12.1 Å². The van der Waals surface area contributed by atoms with Gasteiger partial charge in [0.15, 0.2) is 0 Å². The average Bonchev–Trinajstić information content (AvgIpc) is 3.17. The summed E-state index contributed by atoms with van der Waals surface area (Å²) >= 11 is 0. The number of likely N-dealkylation sites (tertiary alicyclic amines) is 1. The molecular formula is C26H27F2N5O4. The van der Waals surface area contributed by atoms with E-state index in [-0.39, 0.29) is 43.4 Å². The maximum atomic E-state index is 15.7. The lowest BCUT2D eigenvalue weighted by atomic mass is 9.82. The van der Waals surface area contributed by atoms with Crippen molar-refractivity contribution in [3.05, 3.63) is 63.7 Å². The van der Waals surface area contributed by atoms with Crippen molar-refractivity contribution in [3.8, 4) is 0 Å². The highest BCUT2D eigenvalue weighted by Gasteiger charge is 2.45. The first kappa shape index (κ1) is 25.0. The number of benzene rings is 2. The summed E-state index contributed by atoms with van der Waals surface area (Å²) < 4.78 is 30.9. The van der Waals surface area contributed by atoms with Gasteiger partial charge in [0.05, 0.1) is 23.3 Å². The van der Waals surface area contributed by atoms with Crippen LogP contribution in [0.25, 0.3) is 0 Å². The number of nitrogens with one attached hydrogen (secondary N) is 2. The SMILES string of the molecule is N=Cc1ccc(CN2CCC(O)(c3c(F)cc4c(c3F)CN(C3CCC(=O)NC3=O)C4=O)CC2)cc1N. The molecule has 194 valence electrons. The summed E-state index contributed by atoms with van der Waals surface area (Å²) in [6, 6.07) is 5.40. The van der Waals surface area contributed by atoms with E-state index in [0.717, 1.165) is 16.5 Å². The van der Waals surface area contributed by atoms with E-state index < -0.39 is 46.6 Å². The molecule has 1 atom stereocenters. The molecule has 2 saturated heterocycles. The topological polar surface area (TPSA) is 140 Å². The Balaban J connectivity index is 1.33. The predicted molar refractivity (Wildman–Crippen MR) is 130 cm³/mol. The lowest BCUT2D eigenvalue weighted by Crippen LogP contribution is -2.52. The summed E-state index contributed by atoms with van der Waals surface area (Å²) in [5, 5.41) is 20.9. The zero-order chi connectivity index (χ0) is 26.5. The standard InChI is InChI=1S/C26H27F2N5O4/c27-18-10-16-17(13-33(25(16)36)20-3-4-21(34)31-24(20)35)23(28)22(18)26(37)5-7-32(8-6-26)12-14-1-2-15(11-29)19(30)9-14/h1-2,9-11,20,29,37H,3-8,12-13,30H2,(H,31,34,35). The van der Waals surface area contributed by atoms with Crippen molar-refractivity contribution < 1.29 is 28.3 Å². The van der Waals surface area contributed by atoms with Crippen LogP contribution in [-0.4, -0.2) is 58.0 Å². The minimum atomic E-state index is -1.76. The van der Waals surface area contributed by atoms with Crippen molar-refractivity contribution in [2.45, 2.75) is 50.4 Å².